The Morgan fingerprint density at radius 3 is 2.23 bits per heavy atom. The number of benzene rings is 5. The molecule has 3 aromatic heterocycles. The summed E-state index contributed by atoms with van der Waals surface area (Å²) in [6.07, 6.45) is 6.29. The van der Waals surface area contributed by atoms with Crippen LogP contribution in [0.5, 0.6) is 0 Å². The van der Waals surface area contributed by atoms with Crippen LogP contribution in [0, 0.1) is 0 Å². The van der Waals surface area contributed by atoms with Crippen LogP contribution in [0.4, 0.5) is 0 Å². The van der Waals surface area contributed by atoms with Crippen molar-refractivity contribution in [2.75, 3.05) is 0 Å². The molecule has 4 heteroatoms. The second-order valence-corrected chi connectivity index (χ2v) is 12.1. The van der Waals surface area contributed by atoms with Crippen molar-refractivity contribution in [1.82, 2.24) is 14.5 Å². The Labute approximate surface area is 260 Å². The third-order valence-electron chi connectivity index (χ3n) is 8.34. The summed E-state index contributed by atoms with van der Waals surface area (Å²) in [6, 6.07) is 43.1. The third-order valence-corrected chi connectivity index (χ3v) is 9.40. The lowest BCUT2D eigenvalue weighted by molar-refractivity contribution is 1.18. The molecule has 44 heavy (non-hydrogen) atoms. The first-order valence-corrected chi connectivity index (χ1v) is 15.7. The Kier molecular flexibility index (Phi) is 6.43. The summed E-state index contributed by atoms with van der Waals surface area (Å²) in [4.78, 5) is 11.4. The molecule has 0 N–H and O–H groups in total. The summed E-state index contributed by atoms with van der Waals surface area (Å²) in [6.45, 7) is 4.19. The summed E-state index contributed by atoms with van der Waals surface area (Å²) in [5.74, 6) is 0.745. The largest absolute Gasteiger partial charge is 0.309 e. The van der Waals surface area contributed by atoms with Gasteiger partial charge in [0.25, 0.3) is 0 Å². The predicted octanol–water partition coefficient (Wildman–Crippen LogP) is 11.3. The number of fused-ring (bicyclic) bond motifs is 6. The summed E-state index contributed by atoms with van der Waals surface area (Å²) in [5, 5.41) is 4.73. The minimum Gasteiger partial charge on any atom is -0.309 e. The van der Waals surface area contributed by atoms with Crippen molar-refractivity contribution in [3.8, 4) is 28.3 Å². The molecule has 0 aliphatic rings. The van der Waals surface area contributed by atoms with Gasteiger partial charge in [0.1, 0.15) is 4.83 Å². The monoisotopic (exact) mass is 583 g/mol. The highest BCUT2D eigenvalue weighted by atomic mass is 32.1. The fourth-order valence-electron chi connectivity index (χ4n) is 6.16. The first-order chi connectivity index (χ1) is 21.7. The van der Waals surface area contributed by atoms with Crippen LogP contribution in [0.3, 0.4) is 0 Å². The lowest BCUT2D eigenvalue weighted by Gasteiger charge is -2.10. The lowest BCUT2D eigenvalue weighted by atomic mass is 10.0. The Morgan fingerprint density at radius 1 is 0.682 bits per heavy atom. The van der Waals surface area contributed by atoms with E-state index in [9.17, 15) is 0 Å². The van der Waals surface area contributed by atoms with Crippen LogP contribution < -0.4 is 0 Å². The molecule has 8 rings (SSSR count). The van der Waals surface area contributed by atoms with E-state index < -0.39 is 0 Å². The molecule has 3 nitrogen and oxygen atoms in total. The Morgan fingerprint density at radius 2 is 1.41 bits per heavy atom. The molecule has 0 radical (unpaired) electrons. The van der Waals surface area contributed by atoms with Crippen molar-refractivity contribution < 1.29 is 0 Å². The third kappa shape index (κ3) is 4.34. The summed E-state index contributed by atoms with van der Waals surface area (Å²) < 4.78 is 3.58. The van der Waals surface area contributed by atoms with Gasteiger partial charge in [-0.25, -0.2) is 9.97 Å². The zero-order valence-corrected chi connectivity index (χ0v) is 25.3. The smallest absolute Gasteiger partial charge is 0.161 e. The van der Waals surface area contributed by atoms with Crippen LogP contribution in [-0.4, -0.2) is 14.5 Å². The van der Waals surface area contributed by atoms with Gasteiger partial charge in [0, 0.05) is 43.1 Å². The Hall–Kier alpha value is -5.32. The standard InChI is InChI=1S/C40H29N3S/c1-3-4-12-26(2)27-19-22-30(23-20-27)43-34-17-10-8-15-31(34)33-25-29(21-24-35(33)43)39-41-38(28-13-6-5-7-14-28)37-32-16-9-11-18-36(32)44-40(37)42-39/h3-25H,1-2H3. The van der Waals surface area contributed by atoms with Crippen LogP contribution in [0.1, 0.15) is 19.4 Å². The van der Waals surface area contributed by atoms with E-state index in [1.165, 1.54) is 37.5 Å². The van der Waals surface area contributed by atoms with Gasteiger partial charge < -0.3 is 4.57 Å². The highest BCUT2D eigenvalue weighted by Gasteiger charge is 2.18. The van der Waals surface area contributed by atoms with Gasteiger partial charge in [-0.2, -0.15) is 0 Å². The molecule has 0 atom stereocenters. The van der Waals surface area contributed by atoms with Crippen LogP contribution in [0.25, 0.3) is 76.0 Å². The molecular weight excluding hydrogens is 555 g/mol. The maximum Gasteiger partial charge on any atom is 0.161 e. The van der Waals surface area contributed by atoms with Crippen molar-refractivity contribution in [3.63, 3.8) is 0 Å². The van der Waals surface area contributed by atoms with E-state index in [4.69, 9.17) is 9.97 Å². The normalized spacial score (nSPS) is 12.4. The number of allylic oxidation sites excluding steroid dienone is 4. The molecule has 0 saturated carbocycles. The predicted molar refractivity (Wildman–Crippen MR) is 189 cm³/mol. The number of hydrogen-bond donors (Lipinski definition) is 0. The maximum absolute atomic E-state index is 5.24. The lowest BCUT2D eigenvalue weighted by Crippen LogP contribution is -1.95. The van der Waals surface area contributed by atoms with E-state index in [0.717, 1.165) is 44.1 Å². The molecule has 0 fully saturated rings. The van der Waals surface area contributed by atoms with Gasteiger partial charge in [0.15, 0.2) is 5.82 Å². The van der Waals surface area contributed by atoms with E-state index in [2.05, 4.69) is 145 Å². The van der Waals surface area contributed by atoms with Crippen molar-refractivity contribution in [2.45, 2.75) is 13.8 Å². The zero-order chi connectivity index (χ0) is 29.6. The van der Waals surface area contributed by atoms with E-state index in [1.54, 1.807) is 11.3 Å². The molecule has 3 heterocycles. The van der Waals surface area contributed by atoms with Crippen LogP contribution in [0.15, 0.2) is 140 Å². The van der Waals surface area contributed by atoms with Crippen LogP contribution in [0.2, 0.25) is 0 Å². The SMILES string of the molecule is CC=CC=C(C)c1ccc(-n2c3ccccc3c3cc(-c4nc(-c5ccccc5)c5c(n4)sc4ccccc45)ccc32)cc1. The van der Waals surface area contributed by atoms with Gasteiger partial charge in [-0.05, 0) is 67.4 Å². The molecule has 8 aromatic rings. The van der Waals surface area contributed by atoms with E-state index >= 15 is 0 Å². The van der Waals surface area contributed by atoms with E-state index in [1.807, 2.05) is 13.0 Å². The molecule has 0 unspecified atom stereocenters. The number of aromatic nitrogens is 3. The molecule has 5 aromatic carbocycles. The summed E-state index contributed by atoms with van der Waals surface area (Å²) in [5.41, 5.74) is 9.03. The van der Waals surface area contributed by atoms with Crippen LogP contribution in [-0.2, 0) is 0 Å². The average Bonchev–Trinajstić information content (AvgIpc) is 3.62. The van der Waals surface area contributed by atoms with Gasteiger partial charge in [0.2, 0.25) is 0 Å². The molecular formula is C40H29N3S. The fraction of sp³-hybridized carbons (Fsp3) is 0.0500. The second-order valence-electron chi connectivity index (χ2n) is 11.0. The average molecular weight is 584 g/mol. The molecule has 0 saturated heterocycles. The van der Waals surface area contributed by atoms with Gasteiger partial charge in [0.05, 0.1) is 16.7 Å². The van der Waals surface area contributed by atoms with Crippen LogP contribution >= 0.6 is 11.3 Å². The Bertz CT molecular complexity index is 2390. The number of nitrogens with zero attached hydrogens (tertiary/aromatic N) is 3. The van der Waals surface area contributed by atoms with Crippen molar-refractivity contribution in [2.24, 2.45) is 0 Å². The topological polar surface area (TPSA) is 30.7 Å². The number of rotatable bonds is 5. The van der Waals surface area contributed by atoms with Crippen molar-refractivity contribution >= 4 is 59.0 Å². The molecule has 210 valence electrons. The van der Waals surface area contributed by atoms with Crippen molar-refractivity contribution in [1.29, 1.82) is 0 Å². The minimum atomic E-state index is 0.745. The van der Waals surface area contributed by atoms with E-state index in [-0.39, 0.29) is 0 Å². The fourth-order valence-corrected chi connectivity index (χ4v) is 7.23. The minimum absolute atomic E-state index is 0.745. The number of para-hydroxylation sites is 1. The van der Waals surface area contributed by atoms with E-state index in [0.29, 0.717) is 0 Å². The van der Waals surface area contributed by atoms with Gasteiger partial charge in [-0.3, -0.25) is 0 Å². The van der Waals surface area contributed by atoms with Crippen molar-refractivity contribution in [3.05, 3.63) is 145 Å². The van der Waals surface area contributed by atoms with Gasteiger partial charge in [-0.1, -0.05) is 97.1 Å². The Balaban J connectivity index is 1.32. The molecule has 0 bridgehead atoms. The summed E-state index contributed by atoms with van der Waals surface area (Å²) >= 11 is 1.73. The van der Waals surface area contributed by atoms with Gasteiger partial charge >= 0.3 is 0 Å². The highest BCUT2D eigenvalue weighted by Crippen LogP contribution is 2.40. The molecule has 0 spiro atoms. The zero-order valence-electron chi connectivity index (χ0n) is 24.5. The molecule has 0 amide bonds. The number of hydrogen-bond acceptors (Lipinski definition) is 3. The second kappa shape index (κ2) is 10.7. The first-order valence-electron chi connectivity index (χ1n) is 14.9. The molecule has 0 aliphatic carbocycles. The van der Waals surface area contributed by atoms with Gasteiger partial charge in [-0.15, -0.1) is 11.3 Å². The quantitative estimate of drug-likeness (QED) is 0.189. The maximum atomic E-state index is 5.24. The molecule has 0 aliphatic heterocycles. The highest BCUT2D eigenvalue weighted by molar-refractivity contribution is 7.25. The first kappa shape index (κ1) is 26.3. The summed E-state index contributed by atoms with van der Waals surface area (Å²) in [7, 11) is 0. The number of thiophene rings is 1.